The van der Waals surface area contributed by atoms with Crippen molar-refractivity contribution in [2.45, 2.75) is 6.54 Å². The molecule has 0 aliphatic carbocycles. The van der Waals surface area contributed by atoms with Crippen LogP contribution in [-0.2, 0) is 13.6 Å². The fourth-order valence-electron chi connectivity index (χ4n) is 1.50. The smallest absolute Gasteiger partial charge is 0.254 e. The molecule has 2 aromatic heterocycles. The molecule has 0 aliphatic heterocycles. The van der Waals surface area contributed by atoms with Crippen molar-refractivity contribution in [1.82, 2.24) is 14.9 Å². The number of carbonyl (C=O) groups excluding carboxylic acids is 1. The number of hydrogen-bond donors (Lipinski definition) is 1. The first-order chi connectivity index (χ1) is 8.16. The summed E-state index contributed by atoms with van der Waals surface area (Å²) < 4.78 is 1.93. The third-order valence-corrected chi connectivity index (χ3v) is 2.65. The largest absolute Gasteiger partial charge is 0.357 e. The molecule has 2 heterocycles. The first-order valence-corrected chi connectivity index (χ1v) is 5.54. The minimum Gasteiger partial charge on any atom is -0.357 e. The van der Waals surface area contributed by atoms with Crippen LogP contribution in [0.2, 0.25) is 5.15 Å². The van der Waals surface area contributed by atoms with Gasteiger partial charge in [0.2, 0.25) is 0 Å². The molecule has 0 bridgehead atoms. The highest BCUT2D eigenvalue weighted by atomic mass is 35.5. The Morgan fingerprint density at radius 2 is 2.35 bits per heavy atom. The van der Waals surface area contributed by atoms with Crippen molar-refractivity contribution in [3.05, 3.63) is 53.1 Å². The van der Waals surface area contributed by atoms with Gasteiger partial charge < -0.3 is 9.88 Å². The molecule has 0 fully saturated rings. The number of amides is 1. The Balaban J connectivity index is 2.01. The maximum atomic E-state index is 11.8. The van der Waals surface area contributed by atoms with Crippen LogP contribution in [0, 0.1) is 0 Å². The zero-order chi connectivity index (χ0) is 12.3. The number of halogens is 1. The van der Waals surface area contributed by atoms with Gasteiger partial charge in [0.15, 0.2) is 0 Å². The highest BCUT2D eigenvalue weighted by Crippen LogP contribution is 2.11. The molecule has 0 unspecified atom stereocenters. The average molecular weight is 250 g/mol. The van der Waals surface area contributed by atoms with E-state index in [1.54, 1.807) is 18.3 Å². The maximum Gasteiger partial charge on any atom is 0.254 e. The van der Waals surface area contributed by atoms with E-state index in [2.05, 4.69) is 10.3 Å². The SMILES string of the molecule is Cn1ccc(CNC(=O)c2cccnc2Cl)c1. The zero-order valence-electron chi connectivity index (χ0n) is 9.35. The molecule has 5 heteroatoms. The van der Waals surface area contributed by atoms with Crippen molar-refractivity contribution in [2.24, 2.45) is 7.05 Å². The van der Waals surface area contributed by atoms with Crippen molar-refractivity contribution in [3.8, 4) is 0 Å². The summed E-state index contributed by atoms with van der Waals surface area (Å²) in [5.41, 5.74) is 1.44. The van der Waals surface area contributed by atoms with E-state index < -0.39 is 0 Å². The number of carbonyl (C=O) groups is 1. The highest BCUT2D eigenvalue weighted by molar-refractivity contribution is 6.32. The molecule has 0 spiro atoms. The summed E-state index contributed by atoms with van der Waals surface area (Å²) in [6.45, 7) is 0.477. The standard InChI is InChI=1S/C12H12ClN3O/c1-16-6-4-9(8-16)7-15-12(17)10-3-2-5-14-11(10)13/h2-6,8H,7H2,1H3,(H,15,17). The van der Waals surface area contributed by atoms with Gasteiger partial charge >= 0.3 is 0 Å². The fourth-order valence-corrected chi connectivity index (χ4v) is 1.70. The Kier molecular flexibility index (Phi) is 3.44. The van der Waals surface area contributed by atoms with E-state index in [-0.39, 0.29) is 11.1 Å². The van der Waals surface area contributed by atoms with E-state index in [1.807, 2.05) is 30.1 Å². The monoisotopic (exact) mass is 249 g/mol. The first-order valence-electron chi connectivity index (χ1n) is 5.16. The third kappa shape index (κ3) is 2.85. The number of nitrogens with one attached hydrogen (secondary N) is 1. The van der Waals surface area contributed by atoms with Crippen LogP contribution in [0.1, 0.15) is 15.9 Å². The lowest BCUT2D eigenvalue weighted by Gasteiger charge is -2.04. The molecule has 1 amide bonds. The Hall–Kier alpha value is -1.81. The van der Waals surface area contributed by atoms with Gasteiger partial charge in [0.05, 0.1) is 5.56 Å². The Morgan fingerprint density at radius 1 is 1.53 bits per heavy atom. The van der Waals surface area contributed by atoms with E-state index in [1.165, 1.54) is 0 Å². The molecule has 17 heavy (non-hydrogen) atoms. The fraction of sp³-hybridized carbons (Fsp3) is 0.167. The second-order valence-corrected chi connectivity index (χ2v) is 4.07. The number of pyridine rings is 1. The summed E-state index contributed by atoms with van der Waals surface area (Å²) in [5.74, 6) is -0.216. The molecule has 0 saturated carbocycles. The van der Waals surface area contributed by atoms with Crippen LogP contribution in [-0.4, -0.2) is 15.5 Å². The number of rotatable bonds is 3. The molecule has 0 radical (unpaired) electrons. The summed E-state index contributed by atoms with van der Waals surface area (Å²) >= 11 is 5.83. The summed E-state index contributed by atoms with van der Waals surface area (Å²) in [5, 5.41) is 3.01. The van der Waals surface area contributed by atoms with Crippen molar-refractivity contribution in [3.63, 3.8) is 0 Å². The van der Waals surface area contributed by atoms with Crippen LogP contribution in [0.5, 0.6) is 0 Å². The van der Waals surface area contributed by atoms with Gasteiger partial charge in [-0.25, -0.2) is 4.98 Å². The number of aryl methyl sites for hydroxylation is 1. The summed E-state index contributed by atoms with van der Waals surface area (Å²) in [4.78, 5) is 15.7. The second kappa shape index (κ2) is 5.01. The second-order valence-electron chi connectivity index (χ2n) is 3.71. The molecule has 2 rings (SSSR count). The lowest BCUT2D eigenvalue weighted by atomic mass is 10.2. The molecular formula is C12H12ClN3O. The van der Waals surface area contributed by atoms with Crippen LogP contribution in [0.3, 0.4) is 0 Å². The molecule has 0 aromatic carbocycles. The highest BCUT2D eigenvalue weighted by Gasteiger charge is 2.09. The first kappa shape index (κ1) is 11.7. The van der Waals surface area contributed by atoms with Gasteiger partial charge in [0.25, 0.3) is 5.91 Å². The van der Waals surface area contributed by atoms with Gasteiger partial charge in [-0.1, -0.05) is 11.6 Å². The maximum absolute atomic E-state index is 11.8. The average Bonchev–Trinajstić information content (AvgIpc) is 2.73. The van der Waals surface area contributed by atoms with Gasteiger partial charge in [-0.2, -0.15) is 0 Å². The number of nitrogens with zero attached hydrogens (tertiary/aromatic N) is 2. The van der Waals surface area contributed by atoms with Crippen molar-refractivity contribution in [1.29, 1.82) is 0 Å². The summed E-state index contributed by atoms with van der Waals surface area (Å²) in [6, 6.07) is 5.28. The van der Waals surface area contributed by atoms with Crippen molar-refractivity contribution in [2.75, 3.05) is 0 Å². The van der Waals surface area contributed by atoms with E-state index in [0.717, 1.165) is 5.56 Å². The van der Waals surface area contributed by atoms with Crippen molar-refractivity contribution < 1.29 is 4.79 Å². The van der Waals surface area contributed by atoms with Gasteiger partial charge in [-0.3, -0.25) is 4.79 Å². The lowest BCUT2D eigenvalue weighted by Crippen LogP contribution is -2.23. The number of hydrogen-bond acceptors (Lipinski definition) is 2. The third-order valence-electron chi connectivity index (χ3n) is 2.35. The van der Waals surface area contributed by atoms with Gasteiger partial charge in [-0.05, 0) is 23.8 Å². The van der Waals surface area contributed by atoms with Crippen LogP contribution >= 0.6 is 11.6 Å². The molecule has 0 atom stereocenters. The minimum atomic E-state index is -0.216. The molecule has 4 nitrogen and oxygen atoms in total. The lowest BCUT2D eigenvalue weighted by molar-refractivity contribution is 0.0950. The van der Waals surface area contributed by atoms with Crippen LogP contribution in [0.4, 0.5) is 0 Å². The van der Waals surface area contributed by atoms with Gasteiger partial charge in [-0.15, -0.1) is 0 Å². The Bertz CT molecular complexity index is 536. The minimum absolute atomic E-state index is 0.216. The zero-order valence-corrected chi connectivity index (χ0v) is 10.1. The van der Waals surface area contributed by atoms with Crippen LogP contribution in [0.15, 0.2) is 36.8 Å². The molecule has 0 saturated heterocycles. The summed E-state index contributed by atoms with van der Waals surface area (Å²) in [6.07, 6.45) is 5.43. The van der Waals surface area contributed by atoms with Crippen LogP contribution < -0.4 is 5.32 Å². The summed E-state index contributed by atoms with van der Waals surface area (Å²) in [7, 11) is 1.93. The quantitative estimate of drug-likeness (QED) is 0.846. The molecule has 88 valence electrons. The van der Waals surface area contributed by atoms with Crippen molar-refractivity contribution >= 4 is 17.5 Å². The predicted molar refractivity (Wildman–Crippen MR) is 65.8 cm³/mol. The van der Waals surface area contributed by atoms with Crippen LogP contribution in [0.25, 0.3) is 0 Å². The van der Waals surface area contributed by atoms with E-state index in [9.17, 15) is 4.79 Å². The Morgan fingerprint density at radius 3 is 3.00 bits per heavy atom. The van der Waals surface area contributed by atoms with E-state index in [4.69, 9.17) is 11.6 Å². The molecule has 1 N–H and O–H groups in total. The Labute approximate surface area is 104 Å². The molecule has 2 aromatic rings. The number of aromatic nitrogens is 2. The van der Waals surface area contributed by atoms with E-state index >= 15 is 0 Å². The predicted octanol–water partition coefficient (Wildman–Crippen LogP) is 2.00. The topological polar surface area (TPSA) is 46.9 Å². The molecule has 0 aliphatic rings. The van der Waals surface area contributed by atoms with E-state index in [0.29, 0.717) is 12.1 Å². The normalized spacial score (nSPS) is 10.2. The molecular weight excluding hydrogens is 238 g/mol. The van der Waals surface area contributed by atoms with Gasteiger partial charge in [0.1, 0.15) is 5.15 Å². The van der Waals surface area contributed by atoms with Gasteiger partial charge in [0, 0.05) is 32.2 Å².